The number of aliphatic hydroxyl groups is 1. The Morgan fingerprint density at radius 1 is 1.05 bits per heavy atom. The number of carbonyl (C=O) groups excluding carboxylic acids is 1. The molecule has 0 aromatic rings. The van der Waals surface area contributed by atoms with E-state index in [4.69, 9.17) is 24.7 Å². The van der Waals surface area contributed by atoms with Crippen LogP contribution in [0.15, 0.2) is 11.6 Å². The SMILES string of the molecule is COC1CC(OC2CCC3(C)C(CCC4C3CCC3(C)C(C5=CC(=O)OC5)CCC43O)C2)OC(C)C1N. The number of nitrogens with two attached hydrogens (primary N) is 1. The molecular formula is C30H47NO6. The van der Waals surface area contributed by atoms with Crippen molar-refractivity contribution >= 4 is 5.97 Å². The van der Waals surface area contributed by atoms with Gasteiger partial charge in [0.25, 0.3) is 0 Å². The van der Waals surface area contributed by atoms with Crippen molar-refractivity contribution in [2.45, 2.75) is 121 Å². The average molecular weight is 518 g/mol. The number of esters is 1. The van der Waals surface area contributed by atoms with Gasteiger partial charge in [-0.05, 0) is 99.4 Å². The van der Waals surface area contributed by atoms with Gasteiger partial charge in [0, 0.05) is 25.0 Å². The van der Waals surface area contributed by atoms with Gasteiger partial charge in [-0.3, -0.25) is 0 Å². The summed E-state index contributed by atoms with van der Waals surface area (Å²) in [6.45, 7) is 7.22. The summed E-state index contributed by atoms with van der Waals surface area (Å²) in [5.41, 5.74) is 6.76. The van der Waals surface area contributed by atoms with E-state index in [2.05, 4.69) is 13.8 Å². The lowest BCUT2D eigenvalue weighted by molar-refractivity contribution is -0.254. The number of rotatable bonds is 4. The Balaban J connectivity index is 1.15. The summed E-state index contributed by atoms with van der Waals surface area (Å²) in [6.07, 6.45) is 11.7. The van der Waals surface area contributed by atoms with Crippen LogP contribution < -0.4 is 5.73 Å². The first-order chi connectivity index (χ1) is 17.6. The normalized spacial score (nSPS) is 53.6. The molecule has 6 rings (SSSR count). The zero-order valence-corrected chi connectivity index (χ0v) is 23.1. The smallest absolute Gasteiger partial charge is 0.331 e. The number of methoxy groups -OCH3 is 1. The number of hydrogen-bond donors (Lipinski definition) is 2. The molecule has 7 heteroatoms. The summed E-state index contributed by atoms with van der Waals surface area (Å²) in [6, 6.07) is -0.120. The second-order valence-corrected chi connectivity index (χ2v) is 13.7. The fourth-order valence-corrected chi connectivity index (χ4v) is 10.1. The lowest BCUT2D eigenvalue weighted by atomic mass is 9.43. The molecule has 0 spiro atoms. The quantitative estimate of drug-likeness (QED) is 0.428. The van der Waals surface area contributed by atoms with Gasteiger partial charge in [0.15, 0.2) is 6.29 Å². The van der Waals surface area contributed by atoms with Gasteiger partial charge in [0.1, 0.15) is 6.61 Å². The highest BCUT2D eigenvalue weighted by Crippen LogP contribution is 2.70. The first-order valence-electron chi connectivity index (χ1n) is 14.8. The number of ether oxygens (including phenoxy) is 4. The molecule has 12 unspecified atom stereocenters. The monoisotopic (exact) mass is 517 g/mol. The number of fused-ring (bicyclic) bond motifs is 5. The van der Waals surface area contributed by atoms with Gasteiger partial charge in [-0.2, -0.15) is 0 Å². The molecule has 0 radical (unpaired) electrons. The fourth-order valence-electron chi connectivity index (χ4n) is 10.1. The highest BCUT2D eigenvalue weighted by atomic mass is 16.7. The topological polar surface area (TPSA) is 100 Å². The predicted octanol–water partition coefficient (Wildman–Crippen LogP) is 4.11. The largest absolute Gasteiger partial charge is 0.458 e. The van der Waals surface area contributed by atoms with E-state index in [1.54, 1.807) is 13.2 Å². The van der Waals surface area contributed by atoms with Crippen molar-refractivity contribution in [1.29, 1.82) is 0 Å². The molecule has 6 aliphatic rings. The van der Waals surface area contributed by atoms with Gasteiger partial charge in [0.05, 0.1) is 30.0 Å². The molecule has 208 valence electrons. The van der Waals surface area contributed by atoms with E-state index in [-0.39, 0.29) is 53.4 Å². The molecule has 4 aliphatic carbocycles. The van der Waals surface area contributed by atoms with E-state index < -0.39 is 5.60 Å². The Hall–Kier alpha value is -0.990. The third-order valence-corrected chi connectivity index (χ3v) is 12.3. The summed E-state index contributed by atoms with van der Waals surface area (Å²) in [4.78, 5) is 11.8. The first-order valence-corrected chi connectivity index (χ1v) is 14.8. The lowest BCUT2D eigenvalue weighted by Gasteiger charge is -2.64. The van der Waals surface area contributed by atoms with Crippen LogP contribution in [0.5, 0.6) is 0 Å². The maximum Gasteiger partial charge on any atom is 0.331 e. The van der Waals surface area contributed by atoms with Crippen LogP contribution in [0.1, 0.15) is 85.0 Å². The summed E-state index contributed by atoms with van der Waals surface area (Å²) in [5, 5.41) is 12.4. The van der Waals surface area contributed by atoms with Gasteiger partial charge in [-0.1, -0.05) is 13.8 Å². The van der Waals surface area contributed by atoms with Crippen LogP contribution >= 0.6 is 0 Å². The van der Waals surface area contributed by atoms with Crippen LogP contribution in [0.4, 0.5) is 0 Å². The Morgan fingerprint density at radius 3 is 2.59 bits per heavy atom. The van der Waals surface area contributed by atoms with Gasteiger partial charge in [-0.15, -0.1) is 0 Å². The Kier molecular flexibility index (Phi) is 6.59. The van der Waals surface area contributed by atoms with Crippen molar-refractivity contribution in [2.24, 2.45) is 40.2 Å². The molecule has 0 aromatic carbocycles. The van der Waals surface area contributed by atoms with Gasteiger partial charge >= 0.3 is 5.97 Å². The Bertz CT molecular complexity index is 939. The molecule has 3 N–H and O–H groups in total. The molecule has 2 aliphatic heterocycles. The van der Waals surface area contributed by atoms with Crippen LogP contribution in [-0.2, 0) is 23.7 Å². The van der Waals surface area contributed by atoms with Crippen molar-refractivity contribution in [1.82, 2.24) is 0 Å². The number of cyclic esters (lactones) is 1. The minimum atomic E-state index is -0.658. The van der Waals surface area contributed by atoms with Crippen molar-refractivity contribution in [3.05, 3.63) is 11.6 Å². The van der Waals surface area contributed by atoms with E-state index in [1.165, 1.54) is 0 Å². The van der Waals surface area contributed by atoms with Crippen molar-refractivity contribution < 1.29 is 28.8 Å². The summed E-state index contributed by atoms with van der Waals surface area (Å²) >= 11 is 0. The minimum Gasteiger partial charge on any atom is -0.458 e. The van der Waals surface area contributed by atoms with Crippen LogP contribution in [0, 0.1) is 34.5 Å². The van der Waals surface area contributed by atoms with Gasteiger partial charge < -0.3 is 29.8 Å². The van der Waals surface area contributed by atoms with Crippen LogP contribution in [0.25, 0.3) is 0 Å². The highest BCUT2D eigenvalue weighted by Gasteiger charge is 2.67. The van der Waals surface area contributed by atoms with E-state index in [0.29, 0.717) is 30.8 Å². The van der Waals surface area contributed by atoms with Gasteiger partial charge in [0.2, 0.25) is 0 Å². The van der Waals surface area contributed by atoms with Crippen LogP contribution in [0.2, 0.25) is 0 Å². The van der Waals surface area contributed by atoms with E-state index in [9.17, 15) is 9.90 Å². The molecule has 0 bridgehead atoms. The highest BCUT2D eigenvalue weighted by molar-refractivity contribution is 5.85. The van der Waals surface area contributed by atoms with E-state index in [1.807, 2.05) is 6.92 Å². The summed E-state index contributed by atoms with van der Waals surface area (Å²) < 4.78 is 23.5. The zero-order chi connectivity index (χ0) is 26.2. The third-order valence-electron chi connectivity index (χ3n) is 12.3. The van der Waals surface area contributed by atoms with E-state index in [0.717, 1.165) is 63.4 Å². The molecule has 37 heavy (non-hydrogen) atoms. The second kappa shape index (κ2) is 9.29. The summed E-state index contributed by atoms with van der Waals surface area (Å²) in [7, 11) is 1.72. The molecule has 1 saturated heterocycles. The van der Waals surface area contributed by atoms with E-state index >= 15 is 0 Å². The Morgan fingerprint density at radius 2 is 1.86 bits per heavy atom. The standard InChI is InChI=1S/C30H47NO6/c1-17-27(31)24(34-4)15-26(36-17)37-20-7-10-28(2)19(14-20)5-6-23-22(28)8-11-29(3)21(9-12-30(23,29)33)18-13-25(32)35-16-18/h13,17,19-24,26-27,33H,5-12,14-16,31H2,1-4H3. The molecule has 7 nitrogen and oxygen atoms in total. The number of carbonyl (C=O) groups is 1. The Labute approximate surface area is 221 Å². The van der Waals surface area contributed by atoms with Gasteiger partial charge in [-0.25, -0.2) is 4.79 Å². The second-order valence-electron chi connectivity index (χ2n) is 13.7. The molecule has 0 aromatic heterocycles. The molecule has 12 atom stereocenters. The first kappa shape index (κ1) is 26.2. The number of hydrogen-bond acceptors (Lipinski definition) is 7. The predicted molar refractivity (Wildman–Crippen MR) is 138 cm³/mol. The lowest BCUT2D eigenvalue weighted by Crippen LogP contribution is -2.62. The fraction of sp³-hybridized carbons (Fsp3) is 0.900. The molecule has 5 fully saturated rings. The van der Waals surface area contributed by atoms with Crippen molar-refractivity contribution in [3.63, 3.8) is 0 Å². The van der Waals surface area contributed by atoms with Crippen molar-refractivity contribution in [3.8, 4) is 0 Å². The average Bonchev–Trinajstić information content (AvgIpc) is 3.41. The van der Waals surface area contributed by atoms with Crippen LogP contribution in [0.3, 0.4) is 0 Å². The summed E-state index contributed by atoms with van der Waals surface area (Å²) in [5.74, 6) is 1.52. The molecular weight excluding hydrogens is 470 g/mol. The third kappa shape index (κ3) is 3.97. The maximum absolute atomic E-state index is 12.4. The molecule has 2 heterocycles. The zero-order valence-electron chi connectivity index (χ0n) is 23.1. The minimum absolute atomic E-state index is 0.0322. The maximum atomic E-state index is 12.4. The van der Waals surface area contributed by atoms with Crippen LogP contribution in [-0.4, -0.2) is 61.0 Å². The molecule has 0 amide bonds. The van der Waals surface area contributed by atoms with Crippen molar-refractivity contribution in [2.75, 3.05) is 13.7 Å². The molecule has 4 saturated carbocycles.